The maximum atomic E-state index is 13.1. The van der Waals surface area contributed by atoms with E-state index in [0.717, 1.165) is 31.4 Å². The summed E-state index contributed by atoms with van der Waals surface area (Å²) in [6.07, 6.45) is 0. The number of thiazole rings is 1. The lowest BCUT2D eigenvalue weighted by Crippen LogP contribution is -2.29. The summed E-state index contributed by atoms with van der Waals surface area (Å²) in [4.78, 5) is 25.0. The molecule has 0 saturated heterocycles. The molecule has 0 aliphatic rings. The van der Waals surface area contributed by atoms with Crippen molar-refractivity contribution in [2.45, 2.75) is 11.8 Å². The summed E-state index contributed by atoms with van der Waals surface area (Å²) < 4.78 is 29.7. The molecule has 0 atom stereocenters. The van der Waals surface area contributed by atoms with Crippen LogP contribution in [0.2, 0.25) is 0 Å². The molecule has 164 valence electrons. The molecule has 4 aromatic rings. The van der Waals surface area contributed by atoms with E-state index in [9.17, 15) is 18.0 Å². The van der Waals surface area contributed by atoms with Gasteiger partial charge in [0.2, 0.25) is 0 Å². The highest BCUT2D eigenvalue weighted by molar-refractivity contribution is 7.92. The molecule has 32 heavy (non-hydrogen) atoms. The normalized spacial score (nSPS) is 11.5. The Morgan fingerprint density at radius 3 is 2.44 bits per heavy atom. The quantitative estimate of drug-likeness (QED) is 0.481. The second kappa shape index (κ2) is 8.25. The van der Waals surface area contributed by atoms with Crippen molar-refractivity contribution in [3.05, 3.63) is 87.5 Å². The van der Waals surface area contributed by atoms with Gasteiger partial charge in [0.15, 0.2) is 0 Å². The maximum Gasteiger partial charge on any atom is 0.307 e. The Kier molecular flexibility index (Phi) is 5.62. The van der Waals surface area contributed by atoms with Crippen molar-refractivity contribution < 1.29 is 13.2 Å². The summed E-state index contributed by atoms with van der Waals surface area (Å²) in [6, 6.07) is 18.3. The van der Waals surface area contributed by atoms with Crippen molar-refractivity contribution in [2.75, 3.05) is 16.7 Å². The first-order valence-corrected chi connectivity index (χ1v) is 12.0. The van der Waals surface area contributed by atoms with Crippen LogP contribution >= 0.6 is 11.3 Å². The number of sulfonamides is 1. The SMILES string of the molecule is Cc1ccc(S(=O)(=O)N(C)c2ccccc2C(=O)Nc2ccc3c(c2)sc(=O)n3C)cc1. The molecule has 0 bridgehead atoms. The molecule has 1 aromatic heterocycles. The highest BCUT2D eigenvalue weighted by Gasteiger charge is 2.25. The molecule has 0 unspecified atom stereocenters. The van der Waals surface area contributed by atoms with Gasteiger partial charge in [-0.05, 0) is 49.4 Å². The third kappa shape index (κ3) is 3.92. The van der Waals surface area contributed by atoms with E-state index in [-0.39, 0.29) is 21.0 Å². The van der Waals surface area contributed by atoms with Crippen LogP contribution in [0.4, 0.5) is 11.4 Å². The fourth-order valence-electron chi connectivity index (χ4n) is 3.35. The number of benzene rings is 3. The van der Waals surface area contributed by atoms with Crippen LogP contribution in [0.1, 0.15) is 15.9 Å². The number of nitrogens with one attached hydrogen (secondary N) is 1. The van der Waals surface area contributed by atoms with Gasteiger partial charge in [0.1, 0.15) is 0 Å². The fourth-order valence-corrected chi connectivity index (χ4v) is 5.48. The number of aromatic nitrogens is 1. The van der Waals surface area contributed by atoms with Gasteiger partial charge in [0, 0.05) is 19.8 Å². The minimum absolute atomic E-state index is 0.0863. The number of anilines is 2. The maximum absolute atomic E-state index is 13.1. The van der Waals surface area contributed by atoms with E-state index < -0.39 is 15.9 Å². The van der Waals surface area contributed by atoms with Crippen LogP contribution in [0, 0.1) is 6.92 Å². The lowest BCUT2D eigenvalue weighted by atomic mass is 10.1. The number of fused-ring (bicyclic) bond motifs is 1. The topological polar surface area (TPSA) is 88.5 Å². The number of hydrogen-bond donors (Lipinski definition) is 1. The molecule has 7 nitrogen and oxygen atoms in total. The van der Waals surface area contributed by atoms with Crippen molar-refractivity contribution in [2.24, 2.45) is 7.05 Å². The first-order valence-electron chi connectivity index (χ1n) is 9.74. The zero-order valence-corrected chi connectivity index (χ0v) is 19.3. The summed E-state index contributed by atoms with van der Waals surface area (Å²) in [5, 5.41) is 2.81. The second-order valence-electron chi connectivity index (χ2n) is 7.37. The van der Waals surface area contributed by atoms with Gasteiger partial charge in [-0.15, -0.1) is 0 Å². The zero-order chi connectivity index (χ0) is 23.0. The lowest BCUT2D eigenvalue weighted by Gasteiger charge is -2.22. The average Bonchev–Trinajstić information content (AvgIpc) is 3.06. The Bertz CT molecular complexity index is 1490. The molecule has 0 spiro atoms. The monoisotopic (exact) mass is 467 g/mol. The third-order valence-corrected chi connectivity index (χ3v) is 8.00. The van der Waals surface area contributed by atoms with Crippen molar-refractivity contribution >= 4 is 48.9 Å². The van der Waals surface area contributed by atoms with Gasteiger partial charge in [-0.25, -0.2) is 8.42 Å². The molecular weight excluding hydrogens is 446 g/mol. The highest BCUT2D eigenvalue weighted by Crippen LogP contribution is 2.27. The minimum Gasteiger partial charge on any atom is -0.322 e. The number of nitrogens with zero attached hydrogens (tertiary/aromatic N) is 2. The van der Waals surface area contributed by atoms with Gasteiger partial charge in [0.25, 0.3) is 15.9 Å². The number of carbonyl (C=O) groups excluding carboxylic acids is 1. The molecule has 1 heterocycles. The van der Waals surface area contributed by atoms with Crippen molar-refractivity contribution in [3.63, 3.8) is 0 Å². The second-order valence-corrected chi connectivity index (χ2v) is 10.3. The Labute approximate surface area is 189 Å². The van der Waals surface area contributed by atoms with Crippen molar-refractivity contribution in [3.8, 4) is 0 Å². The van der Waals surface area contributed by atoms with E-state index in [1.807, 2.05) is 6.92 Å². The summed E-state index contributed by atoms with van der Waals surface area (Å²) >= 11 is 1.09. The van der Waals surface area contributed by atoms with Gasteiger partial charge >= 0.3 is 4.87 Å². The van der Waals surface area contributed by atoms with E-state index in [1.165, 1.54) is 7.05 Å². The molecule has 4 rings (SSSR count). The molecule has 0 radical (unpaired) electrons. The van der Waals surface area contributed by atoms with Gasteiger partial charge in [-0.1, -0.05) is 41.2 Å². The number of hydrogen-bond acceptors (Lipinski definition) is 5. The average molecular weight is 468 g/mol. The van der Waals surface area contributed by atoms with E-state index in [0.29, 0.717) is 5.69 Å². The molecule has 0 fully saturated rings. The minimum atomic E-state index is -3.85. The van der Waals surface area contributed by atoms with Crippen LogP contribution in [-0.2, 0) is 17.1 Å². The molecular formula is C23H21N3O4S2. The molecule has 0 saturated carbocycles. The molecule has 1 N–H and O–H groups in total. The van der Waals surface area contributed by atoms with Crippen LogP contribution < -0.4 is 14.5 Å². The summed E-state index contributed by atoms with van der Waals surface area (Å²) in [5.41, 5.74) is 2.72. The smallest absolute Gasteiger partial charge is 0.307 e. The number of rotatable bonds is 5. The predicted molar refractivity (Wildman–Crippen MR) is 128 cm³/mol. The van der Waals surface area contributed by atoms with Crippen LogP contribution in [0.3, 0.4) is 0 Å². The number of carbonyl (C=O) groups is 1. The highest BCUT2D eigenvalue weighted by atomic mass is 32.2. The molecule has 9 heteroatoms. The largest absolute Gasteiger partial charge is 0.322 e. The van der Waals surface area contributed by atoms with Gasteiger partial charge in [-0.2, -0.15) is 0 Å². The van der Waals surface area contributed by atoms with Crippen molar-refractivity contribution in [1.82, 2.24) is 4.57 Å². The van der Waals surface area contributed by atoms with E-state index >= 15 is 0 Å². The van der Waals surface area contributed by atoms with Crippen LogP contribution in [-0.4, -0.2) is 25.9 Å². The zero-order valence-electron chi connectivity index (χ0n) is 17.7. The first kappa shape index (κ1) is 21.8. The Morgan fingerprint density at radius 2 is 1.72 bits per heavy atom. The molecule has 3 aromatic carbocycles. The summed E-state index contributed by atoms with van der Waals surface area (Å²) in [7, 11) is -0.731. The standard InChI is InChI=1S/C23H21N3O4S2/c1-15-8-11-17(12-9-15)32(29,30)26(3)19-7-5-4-6-18(19)22(27)24-16-10-13-20-21(14-16)31-23(28)25(20)2/h4-14H,1-3H3,(H,24,27). The molecule has 0 aliphatic heterocycles. The van der Waals surface area contributed by atoms with Gasteiger partial charge < -0.3 is 9.88 Å². The van der Waals surface area contributed by atoms with Crippen LogP contribution in [0.25, 0.3) is 10.2 Å². The lowest BCUT2D eigenvalue weighted by molar-refractivity contribution is 0.102. The van der Waals surface area contributed by atoms with Crippen LogP contribution in [0.5, 0.6) is 0 Å². The molecule has 0 aliphatic carbocycles. The Morgan fingerprint density at radius 1 is 1.03 bits per heavy atom. The van der Waals surface area contributed by atoms with E-state index in [4.69, 9.17) is 0 Å². The summed E-state index contributed by atoms with van der Waals surface area (Å²) in [5.74, 6) is -0.450. The van der Waals surface area contributed by atoms with Gasteiger partial charge in [0.05, 0.1) is 26.4 Å². The van der Waals surface area contributed by atoms with Crippen LogP contribution in [0.15, 0.2) is 76.4 Å². The first-order chi connectivity index (χ1) is 15.2. The third-order valence-electron chi connectivity index (χ3n) is 5.22. The fraction of sp³-hybridized carbons (Fsp3) is 0.130. The van der Waals surface area contributed by atoms with E-state index in [2.05, 4.69) is 5.32 Å². The van der Waals surface area contributed by atoms with E-state index in [1.54, 1.807) is 78.3 Å². The summed E-state index contributed by atoms with van der Waals surface area (Å²) in [6.45, 7) is 1.88. The number of para-hydroxylation sites is 1. The number of aryl methyl sites for hydroxylation is 2. The van der Waals surface area contributed by atoms with Gasteiger partial charge in [-0.3, -0.25) is 13.9 Å². The Balaban J connectivity index is 1.66. The number of amides is 1. The Hall–Kier alpha value is -3.43. The van der Waals surface area contributed by atoms with Crippen molar-refractivity contribution in [1.29, 1.82) is 0 Å². The molecule has 1 amide bonds. The predicted octanol–water partition coefficient (Wildman–Crippen LogP) is 3.99.